The first-order chi connectivity index (χ1) is 26.4. The van der Waals surface area contributed by atoms with Crippen molar-refractivity contribution in [3.8, 4) is 0 Å². The molecular formula is C36H55Cl2N5O12S. The summed E-state index contributed by atoms with van der Waals surface area (Å²) in [6, 6.07) is 3.33. The standard InChI is InChI=1S/C29H38Cl2N4O10S.C6H15N.CH2O2/c1-5-35(6-2,7-3)22(32-29(41)45-14-18-11-12-20(30)13-21(18)31)9-8-10-23(37)33-24-26(38)34-25(28(39)40)19(15-44-17(4)36)16-46(42,43)27(24)34;1-4-7(5-2)6-3;2-1-3/h11-13,22,24,27H,5-10,14-16H2,1-4H3,(H2-,32,33,37,39,40,41);4-6H2,1-3H3;1H,(H,2,3)/t22?,24-,27+;;/m1../s1. The second kappa shape index (κ2) is 23.9. The Kier molecular flexibility index (Phi) is 21.4. The van der Waals surface area contributed by atoms with E-state index in [1.807, 2.05) is 20.8 Å². The number of nitrogens with one attached hydrogen (secondary N) is 2. The number of quaternary nitrogens is 1. The SMILES string of the molecule is CCN(CC)CC.CC[N+](CC)(CC)C(CCCC(=O)N[C@@H]1C(=O)N2C(C(=O)[O-])=C(COC(C)=O)CS(=O)(=O)[C@@H]12)NC(=O)OCc1ccc(Cl)cc1Cl.O=CO. The molecule has 3 N–H and O–H groups in total. The molecule has 56 heavy (non-hydrogen) atoms. The first-order valence-electron chi connectivity index (χ1n) is 18.3. The van der Waals surface area contributed by atoms with Gasteiger partial charge in [-0.15, -0.1) is 0 Å². The number of alkyl carbamates (subject to hydrolysis) is 1. The Morgan fingerprint density at radius 3 is 2.07 bits per heavy atom. The summed E-state index contributed by atoms with van der Waals surface area (Å²) in [6.45, 7) is 18.2. The topological polar surface area (TPSA) is 229 Å². The number of carbonyl (C=O) groups excluding carboxylic acids is 5. The number of aliphatic carboxylic acids is 1. The molecule has 2 aliphatic heterocycles. The molecule has 0 aliphatic carbocycles. The Balaban J connectivity index is 0.00000139. The van der Waals surface area contributed by atoms with Crippen LogP contribution >= 0.6 is 23.2 Å². The number of hydrogen-bond acceptors (Lipinski definition) is 12. The van der Waals surface area contributed by atoms with Crippen LogP contribution in [0.3, 0.4) is 0 Å². The van der Waals surface area contributed by atoms with Crippen LogP contribution in [0.2, 0.25) is 10.0 Å². The summed E-state index contributed by atoms with van der Waals surface area (Å²) in [6.07, 6.45) is -0.609. The van der Waals surface area contributed by atoms with Crippen molar-refractivity contribution in [2.45, 2.75) is 91.9 Å². The van der Waals surface area contributed by atoms with E-state index in [0.29, 0.717) is 51.0 Å². The van der Waals surface area contributed by atoms with Gasteiger partial charge in [-0.25, -0.2) is 13.2 Å². The highest BCUT2D eigenvalue weighted by atomic mass is 35.5. The summed E-state index contributed by atoms with van der Waals surface area (Å²) < 4.78 is 36.7. The monoisotopic (exact) mass is 851 g/mol. The molecular weight excluding hydrogens is 797 g/mol. The van der Waals surface area contributed by atoms with Gasteiger partial charge in [-0.2, -0.15) is 0 Å². The van der Waals surface area contributed by atoms with Crippen LogP contribution in [-0.2, 0) is 49.9 Å². The number of β-lactam (4-membered cyclic amide) rings is 1. The highest BCUT2D eigenvalue weighted by Crippen LogP contribution is 2.36. The molecule has 316 valence electrons. The summed E-state index contributed by atoms with van der Waals surface area (Å²) in [7, 11) is -4.15. The molecule has 0 spiro atoms. The Hall–Kier alpha value is -3.97. The summed E-state index contributed by atoms with van der Waals surface area (Å²) in [5.41, 5.74) is -0.422. The molecule has 1 unspecified atom stereocenters. The number of sulfone groups is 1. The van der Waals surface area contributed by atoms with Crippen LogP contribution < -0.4 is 15.7 Å². The highest BCUT2D eigenvalue weighted by Gasteiger charge is 2.59. The van der Waals surface area contributed by atoms with E-state index in [-0.39, 0.29) is 31.5 Å². The van der Waals surface area contributed by atoms with Crippen molar-refractivity contribution in [3.63, 3.8) is 0 Å². The average molecular weight is 853 g/mol. The minimum atomic E-state index is -4.15. The number of halogens is 2. The van der Waals surface area contributed by atoms with Crippen LogP contribution in [0.5, 0.6) is 0 Å². The number of carboxylic acids is 1. The van der Waals surface area contributed by atoms with Crippen molar-refractivity contribution in [2.75, 3.05) is 51.6 Å². The number of fused-ring (bicyclic) bond motifs is 1. The fraction of sp³-hybridized carbons (Fsp3) is 0.611. The lowest BCUT2D eigenvalue weighted by molar-refractivity contribution is -0.949. The van der Waals surface area contributed by atoms with Gasteiger partial charge in [-0.1, -0.05) is 50.0 Å². The zero-order chi connectivity index (χ0) is 42.8. The van der Waals surface area contributed by atoms with Crippen molar-refractivity contribution in [2.24, 2.45) is 0 Å². The van der Waals surface area contributed by atoms with Gasteiger partial charge in [0.15, 0.2) is 21.4 Å². The van der Waals surface area contributed by atoms with Gasteiger partial charge in [-0.05, 0) is 59.0 Å². The molecule has 3 rings (SSSR count). The van der Waals surface area contributed by atoms with Gasteiger partial charge < -0.3 is 39.2 Å². The summed E-state index contributed by atoms with van der Waals surface area (Å²) in [5, 5.41) is 23.2. The van der Waals surface area contributed by atoms with Crippen LogP contribution in [0.25, 0.3) is 0 Å². The molecule has 1 aromatic carbocycles. The predicted molar refractivity (Wildman–Crippen MR) is 206 cm³/mol. The van der Waals surface area contributed by atoms with Crippen LogP contribution in [0.15, 0.2) is 29.5 Å². The predicted octanol–water partition coefficient (Wildman–Crippen LogP) is 2.29. The van der Waals surface area contributed by atoms with Gasteiger partial charge >= 0.3 is 12.1 Å². The second-order valence-corrected chi connectivity index (χ2v) is 15.7. The van der Waals surface area contributed by atoms with Crippen LogP contribution in [0, 0.1) is 0 Å². The number of nitrogens with zero attached hydrogens (tertiary/aromatic N) is 3. The van der Waals surface area contributed by atoms with Gasteiger partial charge in [0.2, 0.25) is 5.91 Å². The maximum Gasteiger partial charge on any atom is 0.411 e. The van der Waals surface area contributed by atoms with Gasteiger partial charge in [0.05, 0.1) is 37.1 Å². The first kappa shape index (κ1) is 50.0. The van der Waals surface area contributed by atoms with E-state index in [4.69, 9.17) is 42.6 Å². The van der Waals surface area contributed by atoms with Crippen molar-refractivity contribution < 1.29 is 61.4 Å². The van der Waals surface area contributed by atoms with E-state index in [0.717, 1.165) is 6.92 Å². The fourth-order valence-corrected chi connectivity index (χ4v) is 8.93. The van der Waals surface area contributed by atoms with Crippen LogP contribution in [0.1, 0.15) is 73.3 Å². The van der Waals surface area contributed by atoms with Crippen LogP contribution in [0.4, 0.5) is 4.79 Å². The lowest BCUT2D eigenvalue weighted by Gasteiger charge is -2.50. The maximum absolute atomic E-state index is 13.0. The fourth-order valence-electron chi connectivity index (χ4n) is 6.46. The second-order valence-electron chi connectivity index (χ2n) is 12.7. The normalized spacial score (nSPS) is 17.5. The Labute approximate surface area is 338 Å². The summed E-state index contributed by atoms with van der Waals surface area (Å²) >= 11 is 12.1. The average Bonchev–Trinajstić information content (AvgIpc) is 3.14. The molecule has 1 fully saturated rings. The quantitative estimate of drug-likeness (QED) is 0.0634. The minimum absolute atomic E-state index is 0.0854. The summed E-state index contributed by atoms with van der Waals surface area (Å²) in [4.78, 5) is 72.9. The van der Waals surface area contributed by atoms with Crippen molar-refractivity contribution >= 4 is 69.4 Å². The Morgan fingerprint density at radius 2 is 1.61 bits per heavy atom. The van der Waals surface area contributed by atoms with Crippen LogP contribution in [-0.4, -0.2) is 133 Å². The Bertz CT molecular complexity index is 1660. The number of benzene rings is 1. The number of rotatable bonds is 18. The number of carbonyl (C=O) groups is 6. The van der Waals surface area contributed by atoms with Gasteiger partial charge in [-0.3, -0.25) is 29.4 Å². The Morgan fingerprint density at radius 1 is 1.04 bits per heavy atom. The third-order valence-corrected chi connectivity index (χ3v) is 12.3. The van der Waals surface area contributed by atoms with E-state index in [1.165, 1.54) is 19.6 Å². The van der Waals surface area contributed by atoms with Crippen molar-refractivity contribution in [1.29, 1.82) is 0 Å². The molecule has 2 heterocycles. The molecule has 1 aromatic rings. The number of carboxylic acid groups (broad SMARTS) is 2. The molecule has 0 saturated carbocycles. The molecule has 0 radical (unpaired) electrons. The largest absolute Gasteiger partial charge is 0.543 e. The van der Waals surface area contributed by atoms with E-state index in [1.54, 1.807) is 18.2 Å². The minimum Gasteiger partial charge on any atom is -0.543 e. The maximum atomic E-state index is 13.0. The van der Waals surface area contributed by atoms with Crippen molar-refractivity contribution in [1.82, 2.24) is 20.4 Å². The summed E-state index contributed by atoms with van der Waals surface area (Å²) in [5.74, 6) is -4.93. The number of esters is 1. The van der Waals surface area contributed by atoms with E-state index in [9.17, 15) is 37.5 Å². The molecule has 3 amide bonds. The lowest BCUT2D eigenvalue weighted by atomic mass is 10.0. The number of amides is 3. The highest BCUT2D eigenvalue weighted by molar-refractivity contribution is 7.92. The molecule has 3 atom stereocenters. The smallest absolute Gasteiger partial charge is 0.411 e. The molecule has 0 bridgehead atoms. The molecule has 20 heteroatoms. The number of hydrogen-bond donors (Lipinski definition) is 3. The number of ether oxygens (including phenoxy) is 2. The van der Waals surface area contributed by atoms with E-state index in [2.05, 4.69) is 36.3 Å². The molecule has 1 saturated heterocycles. The van der Waals surface area contributed by atoms with Gasteiger partial charge in [0, 0.05) is 40.9 Å². The lowest BCUT2D eigenvalue weighted by Crippen LogP contribution is -2.75. The third kappa shape index (κ3) is 13.9. The first-order valence-corrected chi connectivity index (χ1v) is 20.8. The third-order valence-electron chi connectivity index (χ3n) is 9.75. The van der Waals surface area contributed by atoms with Gasteiger partial charge in [0.25, 0.3) is 12.4 Å². The van der Waals surface area contributed by atoms with Gasteiger partial charge in [0.1, 0.15) is 19.3 Å². The molecule has 17 nitrogen and oxygen atoms in total. The van der Waals surface area contributed by atoms with E-state index >= 15 is 0 Å². The van der Waals surface area contributed by atoms with E-state index < -0.39 is 75.3 Å². The van der Waals surface area contributed by atoms with Crippen molar-refractivity contribution in [3.05, 3.63) is 45.1 Å². The zero-order valence-electron chi connectivity index (χ0n) is 33.0. The molecule has 2 aliphatic rings. The zero-order valence-corrected chi connectivity index (χ0v) is 35.3. The molecule has 0 aromatic heterocycles.